The summed E-state index contributed by atoms with van der Waals surface area (Å²) in [6.45, 7) is 13.6. The quantitative estimate of drug-likeness (QED) is 0.581. The number of rotatable bonds is 10. The van der Waals surface area contributed by atoms with Crippen LogP contribution in [0.25, 0.3) is 0 Å². The minimum Gasteiger partial charge on any atom is -0.377 e. The molecule has 0 spiro atoms. The van der Waals surface area contributed by atoms with Crippen molar-refractivity contribution in [2.75, 3.05) is 13.2 Å². The second kappa shape index (κ2) is 9.91. The minimum atomic E-state index is -0.459. The van der Waals surface area contributed by atoms with Gasteiger partial charge in [0.2, 0.25) is 0 Å². The van der Waals surface area contributed by atoms with Crippen molar-refractivity contribution < 1.29 is 18.9 Å². The molecule has 0 aromatic carbocycles. The van der Waals surface area contributed by atoms with Gasteiger partial charge in [-0.05, 0) is 33.6 Å². The summed E-state index contributed by atoms with van der Waals surface area (Å²) in [5.41, 5.74) is 0. The molecule has 1 saturated heterocycles. The second-order valence-corrected chi connectivity index (χ2v) is 6.65. The third kappa shape index (κ3) is 6.19. The zero-order chi connectivity index (χ0) is 16.7. The summed E-state index contributed by atoms with van der Waals surface area (Å²) in [7, 11) is 6.13. The normalized spacial score (nSPS) is 29.1. The van der Waals surface area contributed by atoms with Gasteiger partial charge in [-0.25, -0.2) is 0 Å². The van der Waals surface area contributed by atoms with Gasteiger partial charge in [-0.3, -0.25) is 0 Å². The van der Waals surface area contributed by atoms with Crippen LogP contribution in [0.1, 0.15) is 54.4 Å². The molecule has 1 unspecified atom stereocenters. The molecule has 4 nitrogen and oxygen atoms in total. The van der Waals surface area contributed by atoms with Crippen LogP contribution in [0.15, 0.2) is 0 Å². The first-order valence-corrected chi connectivity index (χ1v) is 8.68. The lowest BCUT2D eigenvalue weighted by Crippen LogP contribution is -2.41. The molecule has 0 aliphatic carbocycles. The lowest BCUT2D eigenvalue weighted by atomic mass is 9.92. The third-order valence-corrected chi connectivity index (χ3v) is 4.05. The molecule has 128 valence electrons. The van der Waals surface area contributed by atoms with Crippen LogP contribution in [0, 0.1) is 5.92 Å². The van der Waals surface area contributed by atoms with Crippen molar-refractivity contribution in [2.24, 2.45) is 5.92 Å². The van der Waals surface area contributed by atoms with Crippen molar-refractivity contribution in [3.05, 3.63) is 0 Å². The first kappa shape index (κ1) is 20.0. The van der Waals surface area contributed by atoms with Crippen molar-refractivity contribution in [2.45, 2.75) is 90.9 Å². The zero-order valence-electron chi connectivity index (χ0n) is 15.1. The molecule has 1 heterocycles. The van der Waals surface area contributed by atoms with Crippen LogP contribution in [0.4, 0.5) is 0 Å². The Bertz CT molecular complexity index is 294. The lowest BCUT2D eigenvalue weighted by molar-refractivity contribution is -0.106. The topological polar surface area (TPSA) is 36.9 Å². The molecule has 1 rings (SSSR count). The van der Waals surface area contributed by atoms with Gasteiger partial charge in [0, 0.05) is 12.6 Å². The van der Waals surface area contributed by atoms with E-state index in [0.717, 1.165) is 12.8 Å². The SMILES string of the molecule is [B][C@@H]1O[C@H](COC(C)C)C(OC(C)C)[C@@H]1OCC(CC)CC. The maximum atomic E-state index is 6.13. The van der Waals surface area contributed by atoms with Gasteiger partial charge in [0.05, 0.1) is 18.8 Å². The Balaban J connectivity index is 2.66. The average Bonchev–Trinajstić information content (AvgIpc) is 2.73. The maximum absolute atomic E-state index is 6.13. The van der Waals surface area contributed by atoms with Crippen molar-refractivity contribution in [3.8, 4) is 0 Å². The van der Waals surface area contributed by atoms with Gasteiger partial charge in [-0.15, -0.1) is 0 Å². The molecule has 0 bridgehead atoms. The van der Waals surface area contributed by atoms with Crippen molar-refractivity contribution in [1.82, 2.24) is 0 Å². The molecule has 0 amide bonds. The largest absolute Gasteiger partial charge is 0.377 e. The molecule has 0 aromatic rings. The van der Waals surface area contributed by atoms with Crippen molar-refractivity contribution >= 4 is 7.85 Å². The minimum absolute atomic E-state index is 0.0969. The van der Waals surface area contributed by atoms with E-state index < -0.39 is 6.00 Å². The first-order chi connectivity index (χ1) is 10.4. The van der Waals surface area contributed by atoms with Gasteiger partial charge in [0.1, 0.15) is 26.2 Å². The van der Waals surface area contributed by atoms with Crippen LogP contribution in [0.3, 0.4) is 0 Å². The van der Waals surface area contributed by atoms with Crippen LogP contribution in [-0.4, -0.2) is 57.6 Å². The number of ether oxygens (including phenoxy) is 4. The Morgan fingerprint density at radius 2 is 1.64 bits per heavy atom. The predicted molar refractivity (Wildman–Crippen MR) is 89.3 cm³/mol. The summed E-state index contributed by atoms with van der Waals surface area (Å²) in [6.07, 6.45) is 1.88. The van der Waals surface area contributed by atoms with Crippen LogP contribution < -0.4 is 0 Å². The molecular formula is C17H33BO4. The van der Waals surface area contributed by atoms with E-state index in [2.05, 4.69) is 13.8 Å². The fourth-order valence-electron chi connectivity index (χ4n) is 2.62. The van der Waals surface area contributed by atoms with Crippen molar-refractivity contribution in [1.29, 1.82) is 0 Å². The smallest absolute Gasteiger partial charge is 0.114 e. The summed E-state index contributed by atoms with van der Waals surface area (Å²) in [4.78, 5) is 0. The van der Waals surface area contributed by atoms with Crippen LogP contribution in [-0.2, 0) is 18.9 Å². The summed E-state index contributed by atoms with van der Waals surface area (Å²) < 4.78 is 23.6. The van der Waals surface area contributed by atoms with E-state index in [4.69, 9.17) is 26.8 Å². The number of hydrogen-bond acceptors (Lipinski definition) is 4. The van der Waals surface area contributed by atoms with Gasteiger partial charge in [0.15, 0.2) is 0 Å². The lowest BCUT2D eigenvalue weighted by Gasteiger charge is -2.27. The predicted octanol–water partition coefficient (Wildman–Crippen LogP) is 2.92. The monoisotopic (exact) mass is 312 g/mol. The molecule has 0 aromatic heterocycles. The summed E-state index contributed by atoms with van der Waals surface area (Å²) in [5, 5.41) is 0. The van der Waals surface area contributed by atoms with E-state index in [9.17, 15) is 0 Å². The molecule has 1 aliphatic rings. The van der Waals surface area contributed by atoms with E-state index in [-0.39, 0.29) is 30.5 Å². The van der Waals surface area contributed by atoms with Gasteiger partial charge in [-0.2, -0.15) is 0 Å². The molecule has 0 N–H and O–H groups in total. The van der Waals surface area contributed by atoms with Crippen molar-refractivity contribution in [3.63, 3.8) is 0 Å². The molecule has 5 heteroatoms. The zero-order valence-corrected chi connectivity index (χ0v) is 15.1. The van der Waals surface area contributed by atoms with E-state index >= 15 is 0 Å². The first-order valence-electron chi connectivity index (χ1n) is 8.68. The highest BCUT2D eigenvalue weighted by Gasteiger charge is 2.44. The second-order valence-electron chi connectivity index (χ2n) is 6.65. The van der Waals surface area contributed by atoms with E-state index in [0.29, 0.717) is 19.1 Å². The standard InChI is InChI=1S/C17H33BO4/c1-7-13(8-2)9-20-16-15(21-12(5)6)14(22-17(16)18)10-19-11(3)4/h11-17H,7-10H2,1-6H3/t14-,15?,16+,17-/m1/s1. The molecule has 1 fully saturated rings. The third-order valence-electron chi connectivity index (χ3n) is 4.05. The summed E-state index contributed by atoms with van der Waals surface area (Å²) >= 11 is 0. The molecule has 2 radical (unpaired) electrons. The highest BCUT2D eigenvalue weighted by molar-refractivity contribution is 6.11. The van der Waals surface area contributed by atoms with Crippen LogP contribution in [0.2, 0.25) is 0 Å². The number of hydrogen-bond donors (Lipinski definition) is 0. The van der Waals surface area contributed by atoms with E-state index in [1.54, 1.807) is 0 Å². The van der Waals surface area contributed by atoms with Crippen LogP contribution in [0.5, 0.6) is 0 Å². The van der Waals surface area contributed by atoms with Gasteiger partial charge >= 0.3 is 0 Å². The fraction of sp³-hybridized carbons (Fsp3) is 1.00. The maximum Gasteiger partial charge on any atom is 0.114 e. The molecule has 0 saturated carbocycles. The Morgan fingerprint density at radius 1 is 1.00 bits per heavy atom. The Hall–Kier alpha value is -0.0951. The van der Waals surface area contributed by atoms with Gasteiger partial charge < -0.3 is 18.9 Å². The molecule has 1 aliphatic heterocycles. The summed E-state index contributed by atoms with van der Waals surface area (Å²) in [6, 6.07) is -0.459. The van der Waals surface area contributed by atoms with E-state index in [1.807, 2.05) is 27.7 Å². The molecular weight excluding hydrogens is 279 g/mol. The molecule has 4 atom stereocenters. The highest BCUT2D eigenvalue weighted by Crippen LogP contribution is 2.27. The van der Waals surface area contributed by atoms with Gasteiger partial charge in [0.25, 0.3) is 0 Å². The Morgan fingerprint density at radius 3 is 2.14 bits per heavy atom. The Labute approximate surface area is 137 Å². The highest BCUT2D eigenvalue weighted by atomic mass is 16.6. The van der Waals surface area contributed by atoms with Gasteiger partial charge in [-0.1, -0.05) is 26.7 Å². The molecule has 22 heavy (non-hydrogen) atoms. The summed E-state index contributed by atoms with van der Waals surface area (Å²) in [5.74, 6) is 0.554. The van der Waals surface area contributed by atoms with Crippen LogP contribution >= 0.6 is 0 Å². The Kier molecular flexibility index (Phi) is 8.99. The average molecular weight is 312 g/mol. The van der Waals surface area contributed by atoms with E-state index in [1.165, 1.54) is 0 Å². The fourth-order valence-corrected chi connectivity index (χ4v) is 2.62.